The standard InChI is InChI=1S/C27H41NO11/c1-9-16(3)34-23(31)37-20-12-11-19(13-21(20)38-24(32)35-17(4)10-2)15-27(28,22(29)30)14-18(5)36-25(33)39-26(6,7)8/h11-13,16-18H,9-10,14-15,28H2,1-8H3,(H,29,30)/t16?,17?,18-,27?/m0/s1. The molecule has 0 aliphatic heterocycles. The van der Waals surface area contributed by atoms with Crippen LogP contribution in [-0.4, -0.2) is 59.0 Å². The van der Waals surface area contributed by atoms with Crippen molar-refractivity contribution in [1.29, 1.82) is 0 Å². The summed E-state index contributed by atoms with van der Waals surface area (Å²) < 4.78 is 31.0. The first-order valence-electron chi connectivity index (χ1n) is 12.8. The number of nitrogens with two attached hydrogens (primary N) is 1. The van der Waals surface area contributed by atoms with E-state index in [1.165, 1.54) is 25.1 Å². The summed E-state index contributed by atoms with van der Waals surface area (Å²) in [6.45, 7) is 13.5. The highest BCUT2D eigenvalue weighted by molar-refractivity contribution is 5.79. The molecule has 0 aliphatic rings. The van der Waals surface area contributed by atoms with Gasteiger partial charge in [0.25, 0.3) is 0 Å². The number of carbonyl (C=O) groups is 4. The Kier molecular flexibility index (Phi) is 12.5. The Labute approximate surface area is 229 Å². The molecule has 12 heteroatoms. The molecule has 0 amide bonds. The monoisotopic (exact) mass is 555 g/mol. The van der Waals surface area contributed by atoms with Crippen LogP contribution in [0.15, 0.2) is 18.2 Å². The Balaban J connectivity index is 3.20. The van der Waals surface area contributed by atoms with E-state index < -0.39 is 53.9 Å². The van der Waals surface area contributed by atoms with Crippen molar-refractivity contribution < 1.29 is 52.7 Å². The Morgan fingerprint density at radius 1 is 0.821 bits per heavy atom. The molecule has 0 heterocycles. The molecular formula is C27H41NO11. The van der Waals surface area contributed by atoms with Gasteiger partial charge in [0, 0.05) is 12.8 Å². The predicted octanol–water partition coefficient (Wildman–Crippen LogP) is 5.37. The topological polar surface area (TPSA) is 170 Å². The third-order valence-corrected chi connectivity index (χ3v) is 5.42. The number of carboxylic acid groups (broad SMARTS) is 1. The molecule has 1 aromatic carbocycles. The van der Waals surface area contributed by atoms with E-state index >= 15 is 0 Å². The van der Waals surface area contributed by atoms with E-state index in [-0.39, 0.29) is 24.3 Å². The maximum absolute atomic E-state index is 12.3. The van der Waals surface area contributed by atoms with E-state index in [1.807, 2.05) is 13.8 Å². The lowest BCUT2D eigenvalue weighted by atomic mass is 9.86. The highest BCUT2D eigenvalue weighted by Gasteiger charge is 2.38. The van der Waals surface area contributed by atoms with E-state index in [1.54, 1.807) is 34.6 Å². The minimum atomic E-state index is -1.88. The van der Waals surface area contributed by atoms with Gasteiger partial charge in [-0.2, -0.15) is 0 Å². The molecule has 1 aromatic rings. The van der Waals surface area contributed by atoms with Crippen LogP contribution in [0, 0.1) is 0 Å². The molecule has 4 atom stereocenters. The van der Waals surface area contributed by atoms with E-state index in [2.05, 4.69) is 0 Å². The predicted molar refractivity (Wildman–Crippen MR) is 140 cm³/mol. The second-order valence-corrected chi connectivity index (χ2v) is 10.4. The molecule has 0 saturated carbocycles. The van der Waals surface area contributed by atoms with E-state index in [9.17, 15) is 24.3 Å². The molecule has 220 valence electrons. The van der Waals surface area contributed by atoms with Gasteiger partial charge in [-0.05, 0) is 72.1 Å². The molecule has 0 fully saturated rings. The SMILES string of the molecule is CCC(C)OC(=O)Oc1ccc(CC(N)(C[C@H](C)OC(=O)OC(C)(C)C)C(=O)O)cc1OC(=O)OC(C)CC. The second-order valence-electron chi connectivity index (χ2n) is 10.4. The first kappa shape index (κ1) is 33.5. The molecule has 3 N–H and O–H groups in total. The highest BCUT2D eigenvalue weighted by Crippen LogP contribution is 2.32. The fourth-order valence-electron chi connectivity index (χ4n) is 3.14. The fourth-order valence-corrected chi connectivity index (χ4v) is 3.14. The van der Waals surface area contributed by atoms with Gasteiger partial charge < -0.3 is 39.3 Å². The molecule has 12 nitrogen and oxygen atoms in total. The third-order valence-electron chi connectivity index (χ3n) is 5.42. The minimum Gasteiger partial charge on any atom is -0.480 e. The zero-order chi connectivity index (χ0) is 30.0. The van der Waals surface area contributed by atoms with Crippen LogP contribution in [-0.2, 0) is 30.2 Å². The van der Waals surface area contributed by atoms with Crippen LogP contribution >= 0.6 is 0 Å². The van der Waals surface area contributed by atoms with Crippen LogP contribution in [0.5, 0.6) is 11.5 Å². The van der Waals surface area contributed by atoms with Crippen molar-refractivity contribution in [3.05, 3.63) is 23.8 Å². The van der Waals surface area contributed by atoms with Crippen LogP contribution in [0.3, 0.4) is 0 Å². The van der Waals surface area contributed by atoms with Crippen LogP contribution in [0.4, 0.5) is 14.4 Å². The van der Waals surface area contributed by atoms with Crippen LogP contribution in [0.25, 0.3) is 0 Å². The van der Waals surface area contributed by atoms with Crippen molar-refractivity contribution in [2.45, 2.75) is 111 Å². The number of benzene rings is 1. The van der Waals surface area contributed by atoms with Gasteiger partial charge in [-0.3, -0.25) is 4.79 Å². The summed E-state index contributed by atoms with van der Waals surface area (Å²) in [7, 11) is 0. The quantitative estimate of drug-likeness (QED) is 0.192. The van der Waals surface area contributed by atoms with Gasteiger partial charge in [-0.15, -0.1) is 0 Å². The zero-order valence-corrected chi connectivity index (χ0v) is 23.9. The fraction of sp³-hybridized carbons (Fsp3) is 0.630. The van der Waals surface area contributed by atoms with Crippen molar-refractivity contribution >= 4 is 24.4 Å². The van der Waals surface area contributed by atoms with Crippen molar-refractivity contribution in [1.82, 2.24) is 0 Å². The summed E-state index contributed by atoms with van der Waals surface area (Å²) in [6, 6.07) is 4.10. The first-order chi connectivity index (χ1) is 18.0. The Morgan fingerprint density at radius 3 is 1.77 bits per heavy atom. The molecule has 0 radical (unpaired) electrons. The second kappa shape index (κ2) is 14.6. The number of aliphatic carboxylic acids is 1. The molecule has 0 spiro atoms. The normalized spacial score (nSPS) is 15.1. The van der Waals surface area contributed by atoms with E-state index in [0.717, 1.165) is 0 Å². The number of carboxylic acids is 1. The van der Waals surface area contributed by atoms with Gasteiger partial charge in [-0.1, -0.05) is 19.9 Å². The van der Waals surface area contributed by atoms with Crippen molar-refractivity contribution in [3.8, 4) is 11.5 Å². The van der Waals surface area contributed by atoms with Crippen molar-refractivity contribution in [2.75, 3.05) is 0 Å². The number of hydrogen-bond acceptors (Lipinski definition) is 11. The number of carbonyl (C=O) groups excluding carboxylic acids is 3. The number of hydrogen-bond donors (Lipinski definition) is 2. The summed E-state index contributed by atoms with van der Waals surface area (Å²) in [5.74, 6) is -1.70. The molecule has 39 heavy (non-hydrogen) atoms. The summed E-state index contributed by atoms with van der Waals surface area (Å²) in [5.41, 5.74) is 3.89. The van der Waals surface area contributed by atoms with Gasteiger partial charge in [0.05, 0.1) is 0 Å². The Hall–Kier alpha value is -3.54. The molecule has 3 unspecified atom stereocenters. The van der Waals surface area contributed by atoms with Crippen LogP contribution in [0.2, 0.25) is 0 Å². The highest BCUT2D eigenvalue weighted by atomic mass is 16.8. The summed E-state index contributed by atoms with van der Waals surface area (Å²) in [4.78, 5) is 48.6. The minimum absolute atomic E-state index is 0.146. The lowest BCUT2D eigenvalue weighted by molar-refractivity contribution is -0.145. The average molecular weight is 556 g/mol. The van der Waals surface area contributed by atoms with Gasteiger partial charge in [0.1, 0.15) is 29.5 Å². The molecule has 0 saturated heterocycles. The lowest BCUT2D eigenvalue weighted by Gasteiger charge is -2.28. The lowest BCUT2D eigenvalue weighted by Crippen LogP contribution is -2.52. The smallest absolute Gasteiger partial charge is 0.480 e. The van der Waals surface area contributed by atoms with Gasteiger partial charge in [-0.25, -0.2) is 14.4 Å². The molecule has 1 rings (SSSR count). The van der Waals surface area contributed by atoms with Crippen LogP contribution < -0.4 is 15.2 Å². The maximum Gasteiger partial charge on any atom is 0.514 e. The van der Waals surface area contributed by atoms with Gasteiger partial charge in [0.15, 0.2) is 11.5 Å². The Bertz CT molecular complexity index is 1000. The van der Waals surface area contributed by atoms with Gasteiger partial charge in [0.2, 0.25) is 0 Å². The zero-order valence-electron chi connectivity index (χ0n) is 23.9. The van der Waals surface area contributed by atoms with E-state index in [0.29, 0.717) is 18.4 Å². The van der Waals surface area contributed by atoms with Crippen LogP contribution in [0.1, 0.15) is 80.2 Å². The van der Waals surface area contributed by atoms with Crippen molar-refractivity contribution in [3.63, 3.8) is 0 Å². The van der Waals surface area contributed by atoms with Gasteiger partial charge >= 0.3 is 24.4 Å². The molecule has 0 aromatic heterocycles. The van der Waals surface area contributed by atoms with E-state index in [4.69, 9.17) is 34.2 Å². The summed E-state index contributed by atoms with van der Waals surface area (Å²) in [6.07, 6.45) is -4.16. The summed E-state index contributed by atoms with van der Waals surface area (Å²) in [5, 5.41) is 9.90. The number of ether oxygens (including phenoxy) is 6. The Morgan fingerprint density at radius 2 is 1.31 bits per heavy atom. The molecular weight excluding hydrogens is 514 g/mol. The maximum atomic E-state index is 12.3. The number of rotatable bonds is 12. The van der Waals surface area contributed by atoms with Crippen molar-refractivity contribution in [2.24, 2.45) is 5.73 Å². The third kappa shape index (κ3) is 12.2. The average Bonchev–Trinajstić information content (AvgIpc) is 2.78. The molecule has 0 aliphatic carbocycles. The summed E-state index contributed by atoms with van der Waals surface area (Å²) >= 11 is 0. The molecule has 0 bridgehead atoms. The first-order valence-corrected chi connectivity index (χ1v) is 12.8. The largest absolute Gasteiger partial charge is 0.514 e.